The first-order chi connectivity index (χ1) is 21.0. The number of benzene rings is 2. The van der Waals surface area contributed by atoms with Crippen molar-refractivity contribution >= 4 is 39.2 Å². The molecule has 0 spiro atoms. The van der Waals surface area contributed by atoms with Gasteiger partial charge in [-0.25, -0.2) is 0 Å². The standard InChI is InChI=1S/C39H57Cl2N2P/c1-27-23-29(3)37(30(4)24-27)42-21-22-43(38-31(5)25-28(2)26-32(38)6)39(42)35-19-13-14-20-36(35)44(40,41,33-15-9-7-10-16-33)34-17-11-8-12-18-34/h23-26,33-34,36H,7-22H2,1-6H3. The Hall–Kier alpha value is -1.21. The van der Waals surface area contributed by atoms with Gasteiger partial charge in [0.1, 0.15) is 0 Å². The zero-order chi connectivity index (χ0) is 31.2. The number of hydrogen-bond acceptors (Lipinski definition) is 2. The van der Waals surface area contributed by atoms with E-state index in [0.29, 0.717) is 17.0 Å². The Morgan fingerprint density at radius 3 is 1.34 bits per heavy atom. The molecule has 1 aliphatic heterocycles. The molecule has 2 aromatic carbocycles. The van der Waals surface area contributed by atoms with Gasteiger partial charge >= 0.3 is 280 Å². The first-order valence-corrected chi connectivity index (χ1v) is 22.1. The Labute approximate surface area is 278 Å². The van der Waals surface area contributed by atoms with E-state index in [1.165, 1.54) is 128 Å². The molecule has 0 amide bonds. The van der Waals surface area contributed by atoms with Gasteiger partial charge in [0.2, 0.25) is 0 Å². The fourth-order valence-electron chi connectivity index (χ4n) is 10.3. The van der Waals surface area contributed by atoms with Crippen LogP contribution in [0.5, 0.6) is 0 Å². The van der Waals surface area contributed by atoms with E-state index in [2.05, 4.69) is 75.6 Å². The molecule has 5 heteroatoms. The predicted molar refractivity (Wildman–Crippen MR) is 198 cm³/mol. The normalized spacial score (nSPS) is 23.7. The first-order valence-electron chi connectivity index (χ1n) is 17.9. The van der Waals surface area contributed by atoms with Crippen LogP contribution in [-0.4, -0.2) is 30.1 Å². The Morgan fingerprint density at radius 1 is 0.545 bits per heavy atom. The minimum absolute atomic E-state index is 0.305. The van der Waals surface area contributed by atoms with Crippen LogP contribution in [0.25, 0.3) is 0 Å². The van der Waals surface area contributed by atoms with E-state index in [9.17, 15) is 0 Å². The van der Waals surface area contributed by atoms with Gasteiger partial charge in [-0.3, -0.25) is 0 Å². The quantitative estimate of drug-likeness (QED) is 0.296. The molecular weight excluding hydrogens is 598 g/mol. The molecule has 0 aromatic heterocycles. The Balaban J connectivity index is 1.60. The molecule has 1 heterocycles. The summed E-state index contributed by atoms with van der Waals surface area (Å²) in [6.45, 7) is 15.7. The van der Waals surface area contributed by atoms with Crippen LogP contribution in [-0.2, 0) is 0 Å². The van der Waals surface area contributed by atoms with Crippen molar-refractivity contribution in [3.05, 3.63) is 69.0 Å². The molecular formula is C39H57Cl2N2P. The van der Waals surface area contributed by atoms with E-state index in [-0.39, 0.29) is 0 Å². The molecule has 2 aromatic rings. The third-order valence-corrected chi connectivity index (χ3v) is 22.2. The van der Waals surface area contributed by atoms with Crippen molar-refractivity contribution < 1.29 is 0 Å². The summed E-state index contributed by atoms with van der Waals surface area (Å²) in [6, 6.07) is 9.50. The van der Waals surface area contributed by atoms with E-state index in [4.69, 9.17) is 22.5 Å². The zero-order valence-electron chi connectivity index (χ0n) is 28.5. The average molecular weight is 656 g/mol. The van der Waals surface area contributed by atoms with Crippen molar-refractivity contribution in [3.8, 4) is 0 Å². The van der Waals surface area contributed by atoms with Crippen LogP contribution in [0, 0.1) is 41.5 Å². The Bertz CT molecular complexity index is 1280. The van der Waals surface area contributed by atoms with Crippen molar-refractivity contribution in [3.63, 3.8) is 0 Å². The van der Waals surface area contributed by atoms with Crippen LogP contribution in [0.4, 0.5) is 11.4 Å². The number of halogens is 2. The molecule has 0 N–H and O–H groups in total. The number of anilines is 2. The minimum atomic E-state index is -3.20. The molecule has 0 bridgehead atoms. The summed E-state index contributed by atoms with van der Waals surface area (Å²) in [7, 11) is 0. The summed E-state index contributed by atoms with van der Waals surface area (Å²) in [6.07, 6.45) is 17.6. The van der Waals surface area contributed by atoms with E-state index >= 15 is 0 Å². The molecule has 2 nitrogen and oxygen atoms in total. The van der Waals surface area contributed by atoms with Crippen molar-refractivity contribution in [1.29, 1.82) is 0 Å². The number of aryl methyl sites for hydroxylation is 6. The summed E-state index contributed by atoms with van der Waals surface area (Å²) in [5.41, 5.74) is 13.9. The van der Waals surface area contributed by atoms with Crippen LogP contribution >= 0.6 is 27.8 Å². The number of hydrogen-bond donors (Lipinski definition) is 0. The fraction of sp³-hybridized carbons (Fsp3) is 0.641. The topological polar surface area (TPSA) is 6.48 Å². The summed E-state index contributed by atoms with van der Waals surface area (Å²) in [5.74, 6) is 1.43. The van der Waals surface area contributed by atoms with Gasteiger partial charge in [-0.05, 0) is 0 Å². The van der Waals surface area contributed by atoms with Crippen molar-refractivity contribution in [2.45, 2.75) is 148 Å². The van der Waals surface area contributed by atoms with E-state index in [1.807, 2.05) is 0 Å². The van der Waals surface area contributed by atoms with Gasteiger partial charge in [-0.1, -0.05) is 0 Å². The van der Waals surface area contributed by atoms with Gasteiger partial charge in [0.05, 0.1) is 0 Å². The third-order valence-electron chi connectivity index (χ3n) is 11.9. The predicted octanol–water partition coefficient (Wildman–Crippen LogP) is 12.5. The van der Waals surface area contributed by atoms with Gasteiger partial charge in [0.25, 0.3) is 0 Å². The molecule has 1 saturated heterocycles. The Morgan fingerprint density at radius 2 is 0.932 bits per heavy atom. The second-order valence-corrected chi connectivity index (χ2v) is 24.4. The number of nitrogens with zero attached hydrogens (tertiary/aromatic N) is 2. The Kier molecular flexibility index (Phi) is 9.50. The van der Waals surface area contributed by atoms with Gasteiger partial charge in [-0.2, -0.15) is 0 Å². The SMILES string of the molecule is Cc1cc(C)c(N2CCN(c3c(C)cc(C)cc3C)C2=C2CCCCC2P(Cl)(Cl)(C2CCCCC2)C2CCCCC2)c(C)c1. The van der Waals surface area contributed by atoms with E-state index < -0.39 is 5.31 Å². The monoisotopic (exact) mass is 654 g/mol. The van der Waals surface area contributed by atoms with Crippen molar-refractivity contribution in [2.75, 3.05) is 22.9 Å². The second kappa shape index (κ2) is 12.8. The van der Waals surface area contributed by atoms with Crippen molar-refractivity contribution in [2.24, 2.45) is 0 Å². The maximum atomic E-state index is 8.58. The first kappa shape index (κ1) is 32.7. The van der Waals surface area contributed by atoms with Gasteiger partial charge in [0.15, 0.2) is 0 Å². The number of allylic oxidation sites excluding steroid dienone is 1. The van der Waals surface area contributed by atoms with Crippen LogP contribution in [0.1, 0.15) is 123 Å². The summed E-state index contributed by atoms with van der Waals surface area (Å²) >= 11 is 17.2. The van der Waals surface area contributed by atoms with Crippen LogP contribution in [0.3, 0.4) is 0 Å². The molecule has 4 aliphatic rings. The van der Waals surface area contributed by atoms with Gasteiger partial charge < -0.3 is 0 Å². The fourth-order valence-corrected chi connectivity index (χ4v) is 19.8. The molecule has 242 valence electrons. The van der Waals surface area contributed by atoms with E-state index in [0.717, 1.165) is 25.9 Å². The average Bonchev–Trinajstić information content (AvgIpc) is 3.41. The van der Waals surface area contributed by atoms with E-state index in [1.54, 1.807) is 5.57 Å². The number of rotatable bonds is 5. The third kappa shape index (κ3) is 5.66. The molecule has 6 rings (SSSR count). The van der Waals surface area contributed by atoms with Crippen LogP contribution in [0.2, 0.25) is 0 Å². The van der Waals surface area contributed by atoms with Crippen LogP contribution < -0.4 is 9.80 Å². The van der Waals surface area contributed by atoms with Crippen molar-refractivity contribution in [1.82, 2.24) is 0 Å². The molecule has 3 saturated carbocycles. The van der Waals surface area contributed by atoms with Gasteiger partial charge in [-0.15, -0.1) is 0 Å². The summed E-state index contributed by atoms with van der Waals surface area (Å²) in [5, 5.41) is -3.20. The zero-order valence-corrected chi connectivity index (χ0v) is 30.9. The molecule has 0 radical (unpaired) electrons. The summed E-state index contributed by atoms with van der Waals surface area (Å²) in [4.78, 5) is 5.42. The molecule has 3 aliphatic carbocycles. The molecule has 44 heavy (non-hydrogen) atoms. The summed E-state index contributed by atoms with van der Waals surface area (Å²) < 4.78 is 0. The maximum absolute atomic E-state index is 8.58. The molecule has 1 unspecified atom stereocenters. The second-order valence-electron chi connectivity index (χ2n) is 15.1. The van der Waals surface area contributed by atoms with Crippen LogP contribution in [0.15, 0.2) is 35.7 Å². The molecule has 1 atom stereocenters. The van der Waals surface area contributed by atoms with Gasteiger partial charge in [0, 0.05) is 0 Å². The molecule has 4 fully saturated rings.